The van der Waals surface area contributed by atoms with Crippen LogP contribution < -0.4 is 5.73 Å². The molecule has 0 radical (unpaired) electrons. The first-order chi connectivity index (χ1) is 6.59. The number of rotatable bonds is 1. The van der Waals surface area contributed by atoms with Crippen molar-refractivity contribution >= 4 is 0 Å². The molecule has 1 aromatic heterocycles. The van der Waals surface area contributed by atoms with E-state index in [1.807, 2.05) is 0 Å². The summed E-state index contributed by atoms with van der Waals surface area (Å²) in [7, 11) is 2.12. The molecule has 0 spiro atoms. The molecular formula is C11H19N3. The van der Waals surface area contributed by atoms with E-state index >= 15 is 0 Å². The van der Waals surface area contributed by atoms with Crippen LogP contribution in [0.25, 0.3) is 0 Å². The lowest BCUT2D eigenvalue weighted by atomic mass is 9.97. The first kappa shape index (κ1) is 9.71. The summed E-state index contributed by atoms with van der Waals surface area (Å²) < 4.78 is 2.26. The van der Waals surface area contributed by atoms with Gasteiger partial charge in [-0.15, -0.1) is 0 Å². The molecule has 1 unspecified atom stereocenters. The third-order valence-electron chi connectivity index (χ3n) is 3.06. The monoisotopic (exact) mass is 193 g/mol. The average Bonchev–Trinajstić information content (AvgIpc) is 2.43. The molecule has 0 bridgehead atoms. The Morgan fingerprint density at radius 3 is 2.86 bits per heavy atom. The summed E-state index contributed by atoms with van der Waals surface area (Å²) >= 11 is 0. The number of hydrogen-bond acceptors (Lipinski definition) is 2. The lowest BCUT2D eigenvalue weighted by molar-refractivity contribution is 0.553. The van der Waals surface area contributed by atoms with E-state index in [1.54, 1.807) is 0 Å². The highest BCUT2D eigenvalue weighted by Crippen LogP contribution is 2.24. The highest BCUT2D eigenvalue weighted by molar-refractivity contribution is 5.22. The maximum Gasteiger partial charge on any atom is 0.111 e. The molecular weight excluding hydrogens is 174 g/mol. The predicted octanol–water partition coefficient (Wildman–Crippen LogP) is 1.36. The second-order valence-electron chi connectivity index (χ2n) is 4.58. The first-order valence-electron chi connectivity index (χ1n) is 5.39. The summed E-state index contributed by atoms with van der Waals surface area (Å²) in [4.78, 5) is 4.68. The molecule has 0 amide bonds. The molecule has 0 fully saturated rings. The number of aromatic nitrogens is 2. The molecule has 78 valence electrons. The van der Waals surface area contributed by atoms with Crippen molar-refractivity contribution in [1.82, 2.24) is 9.55 Å². The Bertz CT molecular complexity index is 339. The van der Waals surface area contributed by atoms with Crippen LogP contribution in [0.3, 0.4) is 0 Å². The lowest BCUT2D eigenvalue weighted by Gasteiger charge is -2.17. The minimum atomic E-state index is 0.317. The Morgan fingerprint density at radius 1 is 1.50 bits per heavy atom. The van der Waals surface area contributed by atoms with E-state index in [1.165, 1.54) is 17.2 Å². The Labute approximate surface area is 85.3 Å². The zero-order chi connectivity index (χ0) is 10.3. The number of fused-ring (bicyclic) bond motifs is 1. The minimum Gasteiger partial charge on any atom is -0.335 e. The van der Waals surface area contributed by atoms with Gasteiger partial charge in [-0.25, -0.2) is 4.98 Å². The molecule has 1 atom stereocenters. The van der Waals surface area contributed by atoms with E-state index in [2.05, 4.69) is 30.4 Å². The summed E-state index contributed by atoms with van der Waals surface area (Å²) in [6, 6.07) is 0.317. The van der Waals surface area contributed by atoms with Crippen molar-refractivity contribution in [2.45, 2.75) is 45.1 Å². The second-order valence-corrected chi connectivity index (χ2v) is 4.58. The van der Waals surface area contributed by atoms with Gasteiger partial charge in [0, 0.05) is 31.1 Å². The number of nitrogens with two attached hydrogens (primary N) is 1. The Balaban J connectivity index is 2.40. The van der Waals surface area contributed by atoms with Gasteiger partial charge < -0.3 is 10.3 Å². The van der Waals surface area contributed by atoms with Crippen LogP contribution >= 0.6 is 0 Å². The van der Waals surface area contributed by atoms with Gasteiger partial charge in [-0.1, -0.05) is 13.8 Å². The summed E-state index contributed by atoms with van der Waals surface area (Å²) in [5.41, 5.74) is 8.57. The van der Waals surface area contributed by atoms with Crippen molar-refractivity contribution in [2.75, 3.05) is 0 Å². The van der Waals surface area contributed by atoms with Crippen LogP contribution in [0.2, 0.25) is 0 Å². The third kappa shape index (κ3) is 1.46. The maximum atomic E-state index is 5.94. The second kappa shape index (κ2) is 3.39. The standard InChI is InChI=1S/C11H19N3/c1-7(2)11-13-9-6-8(12)4-5-10(9)14(11)3/h7-8H,4-6,12H2,1-3H3. The summed E-state index contributed by atoms with van der Waals surface area (Å²) in [6.45, 7) is 4.38. The fourth-order valence-electron chi connectivity index (χ4n) is 2.27. The van der Waals surface area contributed by atoms with Crippen molar-refractivity contribution in [3.05, 3.63) is 17.2 Å². The van der Waals surface area contributed by atoms with E-state index in [9.17, 15) is 0 Å². The third-order valence-corrected chi connectivity index (χ3v) is 3.06. The predicted molar refractivity (Wildman–Crippen MR) is 57.3 cm³/mol. The van der Waals surface area contributed by atoms with Crippen LogP contribution in [-0.2, 0) is 19.9 Å². The number of imidazole rings is 1. The van der Waals surface area contributed by atoms with Crippen molar-refractivity contribution in [1.29, 1.82) is 0 Å². The van der Waals surface area contributed by atoms with Gasteiger partial charge >= 0.3 is 0 Å². The molecule has 2 N–H and O–H groups in total. The average molecular weight is 193 g/mol. The highest BCUT2D eigenvalue weighted by Gasteiger charge is 2.22. The first-order valence-corrected chi connectivity index (χ1v) is 5.39. The Morgan fingerprint density at radius 2 is 2.21 bits per heavy atom. The Hall–Kier alpha value is -0.830. The maximum absolute atomic E-state index is 5.94. The zero-order valence-corrected chi connectivity index (χ0v) is 9.25. The van der Waals surface area contributed by atoms with E-state index in [0.29, 0.717) is 12.0 Å². The van der Waals surface area contributed by atoms with Crippen molar-refractivity contribution in [3.8, 4) is 0 Å². The highest BCUT2D eigenvalue weighted by atomic mass is 15.1. The summed E-state index contributed by atoms with van der Waals surface area (Å²) in [5.74, 6) is 1.70. The van der Waals surface area contributed by atoms with E-state index in [-0.39, 0.29) is 0 Å². The van der Waals surface area contributed by atoms with E-state index < -0.39 is 0 Å². The number of nitrogens with zero attached hydrogens (tertiary/aromatic N) is 2. The van der Waals surface area contributed by atoms with Crippen LogP contribution in [-0.4, -0.2) is 15.6 Å². The molecule has 3 nitrogen and oxygen atoms in total. The summed E-state index contributed by atoms with van der Waals surface area (Å²) in [5, 5.41) is 0. The van der Waals surface area contributed by atoms with Gasteiger partial charge in [0.05, 0.1) is 5.69 Å². The molecule has 0 saturated heterocycles. The van der Waals surface area contributed by atoms with Crippen molar-refractivity contribution in [2.24, 2.45) is 12.8 Å². The SMILES string of the molecule is CC(C)c1nc2c(n1C)CCC(N)C2. The van der Waals surface area contributed by atoms with E-state index in [0.717, 1.165) is 19.3 Å². The molecule has 0 saturated carbocycles. The molecule has 1 aliphatic rings. The van der Waals surface area contributed by atoms with Gasteiger partial charge in [-0.3, -0.25) is 0 Å². The Kier molecular flexibility index (Phi) is 2.35. The molecule has 1 heterocycles. The molecule has 0 aliphatic heterocycles. The van der Waals surface area contributed by atoms with E-state index in [4.69, 9.17) is 5.73 Å². The van der Waals surface area contributed by atoms with Gasteiger partial charge in [-0.05, 0) is 12.8 Å². The van der Waals surface area contributed by atoms with Crippen LogP contribution in [0.4, 0.5) is 0 Å². The molecule has 1 aliphatic carbocycles. The van der Waals surface area contributed by atoms with Gasteiger partial charge in [-0.2, -0.15) is 0 Å². The molecule has 3 heteroatoms. The summed E-state index contributed by atoms with van der Waals surface area (Å²) in [6.07, 6.45) is 3.15. The van der Waals surface area contributed by atoms with Gasteiger partial charge in [0.2, 0.25) is 0 Å². The van der Waals surface area contributed by atoms with Crippen LogP contribution in [0.5, 0.6) is 0 Å². The normalized spacial score (nSPS) is 21.4. The molecule has 2 rings (SSSR count). The van der Waals surface area contributed by atoms with Gasteiger partial charge in [0.1, 0.15) is 5.82 Å². The molecule has 14 heavy (non-hydrogen) atoms. The molecule has 1 aromatic rings. The fourth-order valence-corrected chi connectivity index (χ4v) is 2.27. The van der Waals surface area contributed by atoms with Crippen molar-refractivity contribution < 1.29 is 0 Å². The fraction of sp³-hybridized carbons (Fsp3) is 0.727. The van der Waals surface area contributed by atoms with Crippen LogP contribution in [0.1, 0.15) is 43.4 Å². The topological polar surface area (TPSA) is 43.8 Å². The smallest absolute Gasteiger partial charge is 0.111 e. The van der Waals surface area contributed by atoms with Crippen LogP contribution in [0, 0.1) is 0 Å². The van der Waals surface area contributed by atoms with Gasteiger partial charge in [0.15, 0.2) is 0 Å². The van der Waals surface area contributed by atoms with Crippen LogP contribution in [0.15, 0.2) is 0 Å². The van der Waals surface area contributed by atoms with Gasteiger partial charge in [0.25, 0.3) is 0 Å². The lowest BCUT2D eigenvalue weighted by Crippen LogP contribution is -2.28. The molecule has 0 aromatic carbocycles. The van der Waals surface area contributed by atoms with Crippen molar-refractivity contribution in [3.63, 3.8) is 0 Å². The zero-order valence-electron chi connectivity index (χ0n) is 9.25. The minimum absolute atomic E-state index is 0.317. The quantitative estimate of drug-likeness (QED) is 0.732. The number of hydrogen-bond donors (Lipinski definition) is 1. The largest absolute Gasteiger partial charge is 0.335 e.